The Hall–Kier alpha value is -3.53. The summed E-state index contributed by atoms with van der Waals surface area (Å²) in [6, 6.07) is 24.8. The number of hydrogen-bond acceptors (Lipinski definition) is 3. The average molecular weight is 409 g/mol. The molecular formula is C27H24N2O2. The largest absolute Gasteiger partial charge is 0.469 e. The number of fused-ring (bicyclic) bond motifs is 8. The summed E-state index contributed by atoms with van der Waals surface area (Å²) in [7, 11) is 2.08. The monoisotopic (exact) mass is 408 g/mol. The van der Waals surface area contributed by atoms with Crippen LogP contribution >= 0.6 is 0 Å². The first-order chi connectivity index (χ1) is 15.1. The van der Waals surface area contributed by atoms with Gasteiger partial charge in [-0.05, 0) is 36.2 Å². The van der Waals surface area contributed by atoms with Crippen molar-refractivity contribution < 1.29 is 4.74 Å². The summed E-state index contributed by atoms with van der Waals surface area (Å²) < 4.78 is 8.43. The van der Waals surface area contributed by atoms with E-state index in [1.54, 1.807) is 0 Å². The van der Waals surface area contributed by atoms with Crippen LogP contribution in [0.4, 0.5) is 5.69 Å². The van der Waals surface area contributed by atoms with Crippen LogP contribution in [0.5, 0.6) is 5.75 Å². The molecule has 31 heavy (non-hydrogen) atoms. The Labute approximate surface area is 181 Å². The van der Waals surface area contributed by atoms with Crippen molar-refractivity contribution >= 4 is 16.6 Å². The first kappa shape index (κ1) is 18.3. The van der Waals surface area contributed by atoms with Crippen molar-refractivity contribution in [2.45, 2.75) is 32.0 Å². The van der Waals surface area contributed by atoms with Gasteiger partial charge in [-0.25, -0.2) is 0 Å². The molecular weight excluding hydrogens is 384 g/mol. The highest BCUT2D eigenvalue weighted by Gasteiger charge is 2.41. The molecule has 0 radical (unpaired) electrons. The third-order valence-electron chi connectivity index (χ3n) is 6.75. The molecule has 4 heteroatoms. The molecule has 0 fully saturated rings. The fraction of sp³-hybridized carbons (Fsp3) is 0.222. The van der Waals surface area contributed by atoms with Gasteiger partial charge in [0.2, 0.25) is 0 Å². The lowest BCUT2D eigenvalue weighted by Gasteiger charge is -2.44. The second kappa shape index (κ2) is 6.74. The summed E-state index contributed by atoms with van der Waals surface area (Å²) in [4.78, 5) is 16.2. The average Bonchev–Trinajstić information content (AvgIpc) is 2.80. The highest BCUT2D eigenvalue weighted by atomic mass is 16.5. The van der Waals surface area contributed by atoms with E-state index in [2.05, 4.69) is 55.3 Å². The summed E-state index contributed by atoms with van der Waals surface area (Å²) in [5.41, 5.74) is 6.47. The molecule has 2 atom stereocenters. The van der Waals surface area contributed by atoms with E-state index in [0.29, 0.717) is 6.54 Å². The summed E-state index contributed by atoms with van der Waals surface area (Å²) in [5, 5.41) is 1.01. The minimum absolute atomic E-state index is 0.0407. The molecule has 154 valence electrons. The van der Waals surface area contributed by atoms with Gasteiger partial charge in [-0.15, -0.1) is 0 Å². The van der Waals surface area contributed by atoms with Gasteiger partial charge in [-0.3, -0.25) is 4.79 Å². The van der Waals surface area contributed by atoms with E-state index in [4.69, 9.17) is 4.74 Å². The van der Waals surface area contributed by atoms with Crippen LogP contribution in [0.1, 0.15) is 34.6 Å². The topological polar surface area (TPSA) is 34.5 Å². The molecule has 0 spiro atoms. The Morgan fingerprint density at radius 1 is 1.00 bits per heavy atom. The van der Waals surface area contributed by atoms with Crippen LogP contribution in [-0.4, -0.2) is 17.8 Å². The SMILES string of the molecule is Cc1ccc2c(c1)[C@@H]1C[C@@H](Oc3c1c(=O)n(Cc1ccccc1)c1ccccc31)N2C. The molecule has 2 bridgehead atoms. The van der Waals surface area contributed by atoms with E-state index in [1.165, 1.54) is 11.1 Å². The van der Waals surface area contributed by atoms with Crippen LogP contribution in [0.15, 0.2) is 77.6 Å². The second-order valence-corrected chi connectivity index (χ2v) is 8.67. The highest BCUT2D eigenvalue weighted by molar-refractivity contribution is 5.88. The number of anilines is 1. The zero-order valence-corrected chi connectivity index (χ0v) is 17.7. The van der Waals surface area contributed by atoms with Crippen molar-refractivity contribution in [1.82, 2.24) is 4.57 Å². The van der Waals surface area contributed by atoms with Crippen LogP contribution in [0, 0.1) is 6.92 Å². The third kappa shape index (κ3) is 2.71. The van der Waals surface area contributed by atoms with Crippen LogP contribution in [0.25, 0.3) is 10.9 Å². The van der Waals surface area contributed by atoms with Gasteiger partial charge in [0.25, 0.3) is 5.56 Å². The lowest BCUT2D eigenvalue weighted by Crippen LogP contribution is -2.46. The summed E-state index contributed by atoms with van der Waals surface area (Å²) in [6.07, 6.45) is 0.722. The molecule has 6 rings (SSSR count). The Balaban J connectivity index is 1.64. The van der Waals surface area contributed by atoms with E-state index >= 15 is 0 Å². The fourth-order valence-corrected chi connectivity index (χ4v) is 5.21. The van der Waals surface area contributed by atoms with E-state index in [1.807, 2.05) is 41.0 Å². The fourth-order valence-electron chi connectivity index (χ4n) is 5.21. The summed E-state index contributed by atoms with van der Waals surface area (Å²) in [6.45, 7) is 2.66. The molecule has 0 saturated carbocycles. The molecule has 4 aromatic rings. The molecule has 0 aliphatic carbocycles. The van der Waals surface area contributed by atoms with Crippen molar-refractivity contribution in [3.8, 4) is 5.75 Å². The Bertz CT molecular complexity index is 1370. The lowest BCUT2D eigenvalue weighted by molar-refractivity contribution is 0.159. The van der Waals surface area contributed by atoms with Gasteiger partial charge in [0.15, 0.2) is 6.23 Å². The molecule has 2 aliphatic rings. The van der Waals surface area contributed by atoms with Crippen LogP contribution in [-0.2, 0) is 6.54 Å². The van der Waals surface area contributed by atoms with Gasteiger partial charge in [0.1, 0.15) is 5.75 Å². The number of para-hydroxylation sites is 1. The number of rotatable bonds is 2. The van der Waals surface area contributed by atoms with Gasteiger partial charge in [0.05, 0.1) is 17.6 Å². The van der Waals surface area contributed by atoms with Crippen molar-refractivity contribution in [3.63, 3.8) is 0 Å². The number of aromatic nitrogens is 1. The first-order valence-electron chi connectivity index (χ1n) is 10.8. The third-order valence-corrected chi connectivity index (χ3v) is 6.75. The quantitative estimate of drug-likeness (QED) is 0.466. The van der Waals surface area contributed by atoms with E-state index in [0.717, 1.165) is 39.9 Å². The van der Waals surface area contributed by atoms with Crippen molar-refractivity contribution in [2.75, 3.05) is 11.9 Å². The predicted molar refractivity (Wildman–Crippen MR) is 124 cm³/mol. The Morgan fingerprint density at radius 2 is 1.77 bits per heavy atom. The number of hydrogen-bond donors (Lipinski definition) is 0. The predicted octanol–water partition coefficient (Wildman–Crippen LogP) is 5.05. The Kier molecular flexibility index (Phi) is 3.97. The maximum atomic E-state index is 14.0. The van der Waals surface area contributed by atoms with Crippen molar-refractivity contribution in [2.24, 2.45) is 0 Å². The minimum Gasteiger partial charge on any atom is -0.469 e. The van der Waals surface area contributed by atoms with Crippen molar-refractivity contribution in [3.05, 3.63) is 105 Å². The number of pyridine rings is 1. The van der Waals surface area contributed by atoms with Crippen LogP contribution in [0.3, 0.4) is 0 Å². The maximum Gasteiger partial charge on any atom is 0.258 e. The number of nitrogens with zero attached hydrogens (tertiary/aromatic N) is 2. The van der Waals surface area contributed by atoms with E-state index in [9.17, 15) is 4.79 Å². The molecule has 1 aromatic heterocycles. The molecule has 3 heterocycles. The van der Waals surface area contributed by atoms with E-state index < -0.39 is 0 Å². The molecule has 0 amide bonds. The number of benzene rings is 3. The van der Waals surface area contributed by atoms with Crippen LogP contribution < -0.4 is 15.2 Å². The lowest BCUT2D eigenvalue weighted by atomic mass is 9.81. The smallest absolute Gasteiger partial charge is 0.258 e. The highest BCUT2D eigenvalue weighted by Crippen LogP contribution is 2.49. The normalized spacial score (nSPS) is 19.0. The zero-order valence-electron chi connectivity index (χ0n) is 17.7. The van der Waals surface area contributed by atoms with E-state index in [-0.39, 0.29) is 17.7 Å². The standard InChI is InChI=1S/C27H24N2O2/c1-17-12-13-22-20(14-17)21-15-24(28(22)2)31-26-19-10-6-7-11-23(19)29(27(30)25(21)26)16-18-8-4-3-5-9-18/h3-14,21,24H,15-16H2,1-2H3/t21-,24+/m0/s1. The molecule has 0 unspecified atom stereocenters. The zero-order chi connectivity index (χ0) is 21.1. The minimum atomic E-state index is -0.0690. The molecule has 2 aliphatic heterocycles. The Morgan fingerprint density at radius 3 is 2.61 bits per heavy atom. The molecule has 4 nitrogen and oxygen atoms in total. The molecule has 0 saturated heterocycles. The molecule has 0 N–H and O–H groups in total. The number of ether oxygens (including phenoxy) is 1. The summed E-state index contributed by atoms with van der Waals surface area (Å²) >= 11 is 0. The summed E-state index contributed by atoms with van der Waals surface area (Å²) in [5.74, 6) is 0.796. The van der Waals surface area contributed by atoms with Crippen LogP contribution in [0.2, 0.25) is 0 Å². The van der Waals surface area contributed by atoms with Gasteiger partial charge < -0.3 is 14.2 Å². The van der Waals surface area contributed by atoms with Gasteiger partial charge in [-0.2, -0.15) is 0 Å². The molecule has 3 aromatic carbocycles. The van der Waals surface area contributed by atoms with Gasteiger partial charge in [-0.1, -0.05) is 60.2 Å². The van der Waals surface area contributed by atoms with Gasteiger partial charge in [0, 0.05) is 30.5 Å². The maximum absolute atomic E-state index is 14.0. The van der Waals surface area contributed by atoms with Crippen molar-refractivity contribution in [1.29, 1.82) is 0 Å². The first-order valence-corrected chi connectivity index (χ1v) is 10.8. The van der Waals surface area contributed by atoms with Gasteiger partial charge >= 0.3 is 0 Å². The second-order valence-electron chi connectivity index (χ2n) is 8.67. The number of aryl methyl sites for hydroxylation is 1.